The maximum Gasteiger partial charge on any atom is 0.349 e. The highest BCUT2D eigenvalue weighted by Crippen LogP contribution is 2.15. The SMILES string of the molecule is CSc1nc(=O)[nH]c(=S)n1-c1ccccc1. The molecule has 4 nitrogen and oxygen atoms in total. The average molecular weight is 251 g/mol. The van der Waals surface area contributed by atoms with Crippen LogP contribution in [-0.2, 0) is 0 Å². The van der Waals surface area contributed by atoms with Crippen molar-refractivity contribution < 1.29 is 0 Å². The molecule has 0 radical (unpaired) electrons. The first kappa shape index (κ1) is 11.1. The van der Waals surface area contributed by atoms with Crippen molar-refractivity contribution in [3.63, 3.8) is 0 Å². The van der Waals surface area contributed by atoms with Crippen LogP contribution in [0.3, 0.4) is 0 Å². The molecule has 82 valence electrons. The molecule has 0 spiro atoms. The van der Waals surface area contributed by atoms with Crippen LogP contribution in [-0.4, -0.2) is 20.8 Å². The molecule has 0 aliphatic heterocycles. The Labute approximate surface area is 101 Å². The van der Waals surface area contributed by atoms with E-state index in [1.54, 1.807) is 4.57 Å². The van der Waals surface area contributed by atoms with Crippen molar-refractivity contribution in [1.29, 1.82) is 0 Å². The zero-order chi connectivity index (χ0) is 11.5. The largest absolute Gasteiger partial charge is 0.349 e. The molecule has 0 saturated heterocycles. The van der Waals surface area contributed by atoms with Gasteiger partial charge in [0.25, 0.3) is 0 Å². The van der Waals surface area contributed by atoms with Crippen molar-refractivity contribution in [1.82, 2.24) is 14.5 Å². The molecule has 0 unspecified atom stereocenters. The Morgan fingerprint density at radius 1 is 1.38 bits per heavy atom. The highest BCUT2D eigenvalue weighted by atomic mass is 32.2. The average Bonchev–Trinajstić information content (AvgIpc) is 2.29. The van der Waals surface area contributed by atoms with Crippen molar-refractivity contribution in [2.24, 2.45) is 0 Å². The van der Waals surface area contributed by atoms with Gasteiger partial charge >= 0.3 is 5.69 Å². The predicted octanol–water partition coefficient (Wildman–Crippen LogP) is 2.01. The minimum absolute atomic E-state index is 0.357. The predicted molar refractivity (Wildman–Crippen MR) is 66.8 cm³/mol. The zero-order valence-electron chi connectivity index (χ0n) is 8.51. The molecular weight excluding hydrogens is 242 g/mol. The molecule has 6 heteroatoms. The number of nitrogens with one attached hydrogen (secondary N) is 1. The van der Waals surface area contributed by atoms with E-state index in [2.05, 4.69) is 9.97 Å². The first-order valence-electron chi connectivity index (χ1n) is 4.55. The first-order valence-corrected chi connectivity index (χ1v) is 6.18. The van der Waals surface area contributed by atoms with Crippen LogP contribution in [0.25, 0.3) is 5.69 Å². The molecule has 0 bridgehead atoms. The summed E-state index contributed by atoms with van der Waals surface area (Å²) in [6.45, 7) is 0. The van der Waals surface area contributed by atoms with Crippen LogP contribution in [0.4, 0.5) is 0 Å². The molecule has 16 heavy (non-hydrogen) atoms. The Hall–Kier alpha value is -1.40. The van der Waals surface area contributed by atoms with Gasteiger partial charge in [0.1, 0.15) is 0 Å². The lowest BCUT2D eigenvalue weighted by atomic mass is 10.3. The third-order valence-electron chi connectivity index (χ3n) is 2.00. The molecule has 1 aromatic carbocycles. The lowest BCUT2D eigenvalue weighted by Crippen LogP contribution is -2.18. The van der Waals surface area contributed by atoms with Crippen molar-refractivity contribution in [3.05, 3.63) is 45.6 Å². The number of benzene rings is 1. The summed E-state index contributed by atoms with van der Waals surface area (Å²) in [6, 6.07) is 9.56. The molecule has 1 N–H and O–H groups in total. The number of aromatic amines is 1. The standard InChI is InChI=1S/C10H9N3OS2/c1-16-10-12-8(14)11-9(15)13(10)7-5-3-2-4-6-7/h2-6H,1H3,(H,11,14,15). The highest BCUT2D eigenvalue weighted by Gasteiger charge is 2.05. The molecule has 2 rings (SSSR count). The molecule has 2 aromatic rings. The van der Waals surface area contributed by atoms with Crippen molar-refractivity contribution in [2.45, 2.75) is 5.16 Å². The van der Waals surface area contributed by atoms with E-state index in [0.29, 0.717) is 9.93 Å². The quantitative estimate of drug-likeness (QED) is 0.655. The van der Waals surface area contributed by atoms with Gasteiger partial charge in [-0.2, -0.15) is 4.98 Å². The maximum absolute atomic E-state index is 11.2. The van der Waals surface area contributed by atoms with E-state index in [4.69, 9.17) is 12.2 Å². The van der Waals surface area contributed by atoms with Crippen LogP contribution in [0.1, 0.15) is 0 Å². The molecule has 0 fully saturated rings. The summed E-state index contributed by atoms with van der Waals surface area (Å²) in [5, 5.41) is 0.583. The van der Waals surface area contributed by atoms with Gasteiger partial charge < -0.3 is 0 Å². The minimum atomic E-state index is -0.415. The Balaban J connectivity index is 2.74. The van der Waals surface area contributed by atoms with Crippen molar-refractivity contribution in [2.75, 3.05) is 6.26 Å². The zero-order valence-corrected chi connectivity index (χ0v) is 10.1. The second kappa shape index (κ2) is 4.63. The molecule has 1 heterocycles. The normalized spacial score (nSPS) is 10.3. The topological polar surface area (TPSA) is 50.7 Å². The summed E-state index contributed by atoms with van der Waals surface area (Å²) in [5.74, 6) is 0. The summed E-state index contributed by atoms with van der Waals surface area (Å²) in [4.78, 5) is 17.6. The second-order valence-corrected chi connectivity index (χ2v) is 4.16. The van der Waals surface area contributed by atoms with Crippen LogP contribution >= 0.6 is 24.0 Å². The first-order chi connectivity index (χ1) is 7.72. The highest BCUT2D eigenvalue weighted by molar-refractivity contribution is 7.98. The van der Waals surface area contributed by atoms with E-state index in [1.165, 1.54) is 11.8 Å². The summed E-state index contributed by atoms with van der Waals surface area (Å²) in [5.41, 5.74) is 0.474. The number of nitrogens with zero attached hydrogens (tertiary/aromatic N) is 2. The van der Waals surface area contributed by atoms with Crippen LogP contribution in [0.15, 0.2) is 40.3 Å². The van der Waals surface area contributed by atoms with E-state index in [0.717, 1.165) is 5.69 Å². The summed E-state index contributed by atoms with van der Waals surface area (Å²) >= 11 is 6.51. The van der Waals surface area contributed by atoms with E-state index in [-0.39, 0.29) is 0 Å². The van der Waals surface area contributed by atoms with E-state index < -0.39 is 5.69 Å². The third kappa shape index (κ3) is 2.07. The fourth-order valence-electron chi connectivity index (χ4n) is 1.34. The van der Waals surface area contributed by atoms with Gasteiger partial charge in [-0.25, -0.2) is 4.79 Å². The van der Waals surface area contributed by atoms with Gasteiger partial charge in [-0.05, 0) is 30.6 Å². The number of thioether (sulfide) groups is 1. The molecule has 0 atom stereocenters. The number of rotatable bonds is 2. The number of hydrogen-bond donors (Lipinski definition) is 1. The fraction of sp³-hybridized carbons (Fsp3) is 0.100. The second-order valence-electron chi connectivity index (χ2n) is 3.00. The molecule has 0 aliphatic carbocycles. The Bertz CT molecular complexity index is 603. The van der Waals surface area contributed by atoms with Crippen LogP contribution in [0.2, 0.25) is 0 Å². The third-order valence-corrected chi connectivity index (χ3v) is 2.93. The Kier molecular flexibility index (Phi) is 3.21. The molecular formula is C10H9N3OS2. The van der Waals surface area contributed by atoms with E-state index in [9.17, 15) is 4.79 Å². The van der Waals surface area contributed by atoms with Gasteiger partial charge in [0, 0.05) is 0 Å². The number of H-pyrrole nitrogens is 1. The van der Waals surface area contributed by atoms with Gasteiger partial charge in [0.2, 0.25) is 0 Å². The van der Waals surface area contributed by atoms with Crippen LogP contribution in [0.5, 0.6) is 0 Å². The Morgan fingerprint density at radius 3 is 2.69 bits per heavy atom. The van der Waals surface area contributed by atoms with Crippen molar-refractivity contribution >= 4 is 24.0 Å². The molecule has 0 aliphatic rings. The smallest absolute Gasteiger partial charge is 0.282 e. The number of hydrogen-bond acceptors (Lipinski definition) is 4. The van der Waals surface area contributed by atoms with Gasteiger partial charge in [-0.3, -0.25) is 9.55 Å². The van der Waals surface area contributed by atoms with Gasteiger partial charge in [-0.1, -0.05) is 30.0 Å². The number of aromatic nitrogens is 3. The lowest BCUT2D eigenvalue weighted by Gasteiger charge is -2.09. The van der Waals surface area contributed by atoms with Crippen molar-refractivity contribution in [3.8, 4) is 5.69 Å². The molecule has 0 saturated carbocycles. The van der Waals surface area contributed by atoms with Gasteiger partial charge in [-0.15, -0.1) is 0 Å². The van der Waals surface area contributed by atoms with Gasteiger partial charge in [0.15, 0.2) is 9.93 Å². The summed E-state index contributed by atoms with van der Waals surface area (Å²) in [6.07, 6.45) is 1.86. The fourth-order valence-corrected chi connectivity index (χ4v) is 2.23. The maximum atomic E-state index is 11.2. The summed E-state index contributed by atoms with van der Waals surface area (Å²) < 4.78 is 2.09. The summed E-state index contributed by atoms with van der Waals surface area (Å²) in [7, 11) is 0. The monoisotopic (exact) mass is 251 g/mol. The van der Waals surface area contributed by atoms with E-state index in [1.807, 2.05) is 36.6 Å². The molecule has 0 amide bonds. The van der Waals surface area contributed by atoms with Crippen LogP contribution < -0.4 is 5.69 Å². The minimum Gasteiger partial charge on any atom is -0.282 e. The van der Waals surface area contributed by atoms with Gasteiger partial charge in [0.05, 0.1) is 5.69 Å². The lowest BCUT2D eigenvalue weighted by molar-refractivity contribution is 0.745. The number of para-hydroxylation sites is 1. The van der Waals surface area contributed by atoms with E-state index >= 15 is 0 Å². The molecule has 1 aromatic heterocycles. The van der Waals surface area contributed by atoms with Crippen LogP contribution in [0, 0.1) is 4.77 Å². The Morgan fingerprint density at radius 2 is 2.06 bits per heavy atom.